The molecule has 0 aliphatic rings. The van der Waals surface area contributed by atoms with Gasteiger partial charge in [-0.2, -0.15) is 13.2 Å². The normalized spacial score (nSPS) is 11.7. The summed E-state index contributed by atoms with van der Waals surface area (Å²) in [7, 11) is 0. The minimum atomic E-state index is -4.62. The molecule has 0 saturated carbocycles. The number of halogens is 3. The van der Waals surface area contributed by atoms with Gasteiger partial charge in [0.15, 0.2) is 0 Å². The number of aromatic nitrogens is 2. The number of imidazole rings is 1. The number of carboxylic acids is 1. The fourth-order valence-electron chi connectivity index (χ4n) is 4.26. The van der Waals surface area contributed by atoms with Gasteiger partial charge >= 0.3 is 12.1 Å². The number of carboxylic acid groups (broad SMARTS) is 1. The first kappa shape index (κ1) is 24.3. The van der Waals surface area contributed by atoms with Gasteiger partial charge in [-0.25, -0.2) is 9.78 Å². The van der Waals surface area contributed by atoms with Gasteiger partial charge in [0.1, 0.15) is 18.2 Å². The summed E-state index contributed by atoms with van der Waals surface area (Å²) in [5, 5.41) is 9.33. The molecule has 0 atom stereocenters. The lowest BCUT2D eigenvalue weighted by Crippen LogP contribution is -2.11. The highest BCUT2D eigenvalue weighted by Gasteiger charge is 2.31. The van der Waals surface area contributed by atoms with Crippen LogP contribution in [0.15, 0.2) is 54.6 Å². The van der Waals surface area contributed by atoms with Crippen LogP contribution in [0.25, 0.3) is 11.0 Å². The number of ether oxygens (including phenoxy) is 1. The van der Waals surface area contributed by atoms with Gasteiger partial charge in [-0.3, -0.25) is 0 Å². The number of fused-ring (bicyclic) bond motifs is 1. The molecule has 0 aliphatic carbocycles. The molecule has 8 heteroatoms. The lowest BCUT2D eigenvalue weighted by Gasteiger charge is -2.13. The maximum atomic E-state index is 12.9. The zero-order valence-corrected chi connectivity index (χ0v) is 19.6. The molecule has 182 valence electrons. The number of benzene rings is 3. The maximum Gasteiger partial charge on any atom is 0.416 e. The van der Waals surface area contributed by atoms with Crippen molar-refractivity contribution in [2.75, 3.05) is 0 Å². The number of hydrogen-bond donors (Lipinski definition) is 1. The van der Waals surface area contributed by atoms with Crippen molar-refractivity contribution < 1.29 is 27.8 Å². The molecule has 0 fully saturated rings. The lowest BCUT2D eigenvalue weighted by atomic mass is 10.0. The second-order valence-electron chi connectivity index (χ2n) is 8.52. The SMILES string of the molecule is CCc1nc2cc(C)cc(C)c2n1Cc1ccc(OCc2ccc(C(F)(F)F)cc2C(=O)O)cc1. The molecule has 3 aromatic carbocycles. The fraction of sp³-hybridized carbons (Fsp3) is 0.259. The van der Waals surface area contributed by atoms with Crippen LogP contribution in [-0.4, -0.2) is 20.6 Å². The first-order chi connectivity index (χ1) is 16.6. The number of alkyl halides is 3. The standard InChI is InChI=1S/C27H25F3N2O3/c1-4-24-31-23-12-16(2)11-17(3)25(23)32(24)14-18-5-9-21(10-6-18)35-15-19-7-8-20(27(28,29)30)13-22(19)26(33)34/h5-13H,4,14-15H2,1-3H3,(H,33,34). The molecule has 1 N–H and O–H groups in total. The number of nitrogens with zero attached hydrogens (tertiary/aromatic N) is 2. The van der Waals surface area contributed by atoms with Crippen molar-refractivity contribution in [3.8, 4) is 5.75 Å². The van der Waals surface area contributed by atoms with E-state index < -0.39 is 23.3 Å². The van der Waals surface area contributed by atoms with Gasteiger partial charge in [-0.1, -0.05) is 31.2 Å². The predicted molar refractivity (Wildman–Crippen MR) is 127 cm³/mol. The Hall–Kier alpha value is -3.81. The fourth-order valence-corrected chi connectivity index (χ4v) is 4.26. The van der Waals surface area contributed by atoms with E-state index in [0.29, 0.717) is 18.4 Å². The Morgan fingerprint density at radius 2 is 1.77 bits per heavy atom. The van der Waals surface area contributed by atoms with Crippen molar-refractivity contribution in [3.63, 3.8) is 0 Å². The largest absolute Gasteiger partial charge is 0.489 e. The average molecular weight is 483 g/mol. The van der Waals surface area contributed by atoms with E-state index >= 15 is 0 Å². The Balaban J connectivity index is 1.52. The number of aromatic carboxylic acids is 1. The number of carbonyl (C=O) groups is 1. The molecule has 1 heterocycles. The van der Waals surface area contributed by atoms with E-state index in [1.54, 1.807) is 12.1 Å². The van der Waals surface area contributed by atoms with Crippen LogP contribution in [0.5, 0.6) is 5.75 Å². The molecule has 0 amide bonds. The topological polar surface area (TPSA) is 64.4 Å². The zero-order valence-electron chi connectivity index (χ0n) is 19.6. The first-order valence-corrected chi connectivity index (χ1v) is 11.2. The van der Waals surface area contributed by atoms with Crippen molar-refractivity contribution in [2.24, 2.45) is 0 Å². The molecular weight excluding hydrogens is 457 g/mol. The van der Waals surface area contributed by atoms with Gasteiger partial charge in [0.2, 0.25) is 0 Å². The van der Waals surface area contributed by atoms with Crippen LogP contribution >= 0.6 is 0 Å². The van der Waals surface area contributed by atoms with Crippen molar-refractivity contribution in [3.05, 3.63) is 93.8 Å². The molecule has 0 saturated heterocycles. The third kappa shape index (κ3) is 5.16. The van der Waals surface area contributed by atoms with Crippen LogP contribution < -0.4 is 4.74 Å². The third-order valence-corrected chi connectivity index (χ3v) is 5.90. The average Bonchev–Trinajstić information content (AvgIpc) is 3.15. The van der Waals surface area contributed by atoms with Crippen molar-refractivity contribution in [1.82, 2.24) is 9.55 Å². The molecular formula is C27H25F3N2O3. The highest BCUT2D eigenvalue weighted by Crippen LogP contribution is 2.31. The van der Waals surface area contributed by atoms with E-state index in [1.807, 2.05) is 12.1 Å². The Labute approximate surface area is 200 Å². The number of hydrogen-bond acceptors (Lipinski definition) is 3. The maximum absolute atomic E-state index is 12.9. The summed E-state index contributed by atoms with van der Waals surface area (Å²) in [5.74, 6) is 0.0512. The minimum absolute atomic E-state index is 0.163. The van der Waals surface area contributed by atoms with Crippen molar-refractivity contribution >= 4 is 17.0 Å². The van der Waals surface area contributed by atoms with E-state index in [0.717, 1.165) is 46.5 Å². The first-order valence-electron chi connectivity index (χ1n) is 11.2. The molecule has 4 rings (SSSR count). The van der Waals surface area contributed by atoms with E-state index in [-0.39, 0.29) is 12.2 Å². The molecule has 5 nitrogen and oxygen atoms in total. The number of aryl methyl sites for hydroxylation is 3. The van der Waals surface area contributed by atoms with E-state index in [9.17, 15) is 23.1 Å². The van der Waals surface area contributed by atoms with Crippen LogP contribution in [0.4, 0.5) is 13.2 Å². The monoisotopic (exact) mass is 482 g/mol. The Kier molecular flexibility index (Phi) is 6.56. The van der Waals surface area contributed by atoms with Crippen LogP contribution in [0.2, 0.25) is 0 Å². The summed E-state index contributed by atoms with van der Waals surface area (Å²) in [5.41, 5.74) is 4.18. The summed E-state index contributed by atoms with van der Waals surface area (Å²) in [4.78, 5) is 16.3. The second kappa shape index (κ2) is 9.44. The van der Waals surface area contributed by atoms with Crippen LogP contribution in [0.1, 0.15) is 50.9 Å². The van der Waals surface area contributed by atoms with E-state index in [4.69, 9.17) is 9.72 Å². The highest BCUT2D eigenvalue weighted by molar-refractivity contribution is 5.89. The summed E-state index contributed by atoms with van der Waals surface area (Å²) >= 11 is 0. The second-order valence-corrected chi connectivity index (χ2v) is 8.52. The summed E-state index contributed by atoms with van der Waals surface area (Å²) < 4.78 is 46.7. The summed E-state index contributed by atoms with van der Waals surface area (Å²) in [6, 6.07) is 14.2. The number of rotatable bonds is 7. The van der Waals surface area contributed by atoms with E-state index in [2.05, 4.69) is 37.5 Å². The Bertz CT molecular complexity index is 1390. The molecule has 1 aromatic heterocycles. The van der Waals surface area contributed by atoms with Crippen LogP contribution in [-0.2, 0) is 25.7 Å². The predicted octanol–water partition coefficient (Wildman–Crippen LogP) is 6.56. The van der Waals surface area contributed by atoms with Crippen molar-refractivity contribution in [1.29, 1.82) is 0 Å². The zero-order chi connectivity index (χ0) is 25.3. The summed E-state index contributed by atoms with van der Waals surface area (Å²) in [6.45, 7) is 6.68. The Morgan fingerprint density at radius 1 is 1.06 bits per heavy atom. The Morgan fingerprint density at radius 3 is 2.40 bits per heavy atom. The van der Waals surface area contributed by atoms with Gasteiger partial charge in [0, 0.05) is 18.5 Å². The molecule has 0 unspecified atom stereocenters. The molecule has 0 aliphatic heterocycles. The highest BCUT2D eigenvalue weighted by atomic mass is 19.4. The van der Waals surface area contributed by atoms with Gasteiger partial charge in [0.25, 0.3) is 0 Å². The van der Waals surface area contributed by atoms with Crippen molar-refractivity contribution in [2.45, 2.75) is 46.5 Å². The minimum Gasteiger partial charge on any atom is -0.489 e. The molecule has 4 aromatic rings. The summed E-state index contributed by atoms with van der Waals surface area (Å²) in [6.07, 6.45) is -3.82. The van der Waals surface area contributed by atoms with Crippen LogP contribution in [0, 0.1) is 13.8 Å². The van der Waals surface area contributed by atoms with Crippen LogP contribution in [0.3, 0.4) is 0 Å². The van der Waals surface area contributed by atoms with Gasteiger partial charge in [-0.05, 0) is 60.9 Å². The third-order valence-electron chi connectivity index (χ3n) is 5.90. The van der Waals surface area contributed by atoms with Gasteiger partial charge in [-0.15, -0.1) is 0 Å². The quantitative estimate of drug-likeness (QED) is 0.324. The molecule has 35 heavy (non-hydrogen) atoms. The smallest absolute Gasteiger partial charge is 0.416 e. The molecule has 0 bridgehead atoms. The van der Waals surface area contributed by atoms with Gasteiger partial charge < -0.3 is 14.4 Å². The molecule has 0 spiro atoms. The van der Waals surface area contributed by atoms with E-state index in [1.165, 1.54) is 5.56 Å². The lowest BCUT2D eigenvalue weighted by molar-refractivity contribution is -0.137. The van der Waals surface area contributed by atoms with Gasteiger partial charge in [0.05, 0.1) is 22.2 Å². The molecule has 0 radical (unpaired) electrons.